The summed E-state index contributed by atoms with van der Waals surface area (Å²) in [5.41, 5.74) is 6.63. The maximum Gasteiger partial charge on any atom is 0.236 e. The van der Waals surface area contributed by atoms with Gasteiger partial charge in [0.05, 0.1) is 27.6 Å². The highest BCUT2D eigenvalue weighted by atomic mass is 15.2. The van der Waals surface area contributed by atoms with Gasteiger partial charge in [0.1, 0.15) is 0 Å². The molecule has 0 saturated heterocycles. The molecular weight excluding hydrogens is 490 g/mol. The molecule has 0 bridgehead atoms. The highest BCUT2D eigenvalue weighted by Gasteiger charge is 2.25. The average Bonchev–Trinajstić information content (AvgIpc) is 3.65. The first-order valence-electron chi connectivity index (χ1n) is 13.5. The summed E-state index contributed by atoms with van der Waals surface area (Å²) in [5.74, 6) is 0.629. The van der Waals surface area contributed by atoms with Gasteiger partial charge >= 0.3 is 0 Å². The van der Waals surface area contributed by atoms with Crippen molar-refractivity contribution >= 4 is 81.7 Å². The molecule has 0 spiro atoms. The third-order valence-electron chi connectivity index (χ3n) is 8.53. The predicted molar refractivity (Wildman–Crippen MR) is 164 cm³/mol. The monoisotopic (exact) mass is 509 g/mol. The van der Waals surface area contributed by atoms with Crippen molar-refractivity contribution in [1.82, 2.24) is 23.9 Å². The van der Waals surface area contributed by atoms with Crippen LogP contribution < -0.4 is 0 Å². The van der Waals surface area contributed by atoms with Crippen molar-refractivity contribution in [1.29, 1.82) is 0 Å². The van der Waals surface area contributed by atoms with Crippen LogP contribution in [0.3, 0.4) is 0 Å². The molecule has 184 valence electrons. The molecule has 40 heavy (non-hydrogen) atoms. The quantitative estimate of drug-likeness (QED) is 0.223. The summed E-state index contributed by atoms with van der Waals surface area (Å²) >= 11 is 0. The number of hydrogen-bond acceptors (Lipinski definition) is 3. The zero-order valence-electron chi connectivity index (χ0n) is 21.2. The number of para-hydroxylation sites is 2. The van der Waals surface area contributed by atoms with E-state index in [9.17, 15) is 0 Å². The molecule has 0 unspecified atom stereocenters. The smallest absolute Gasteiger partial charge is 0.236 e. The average molecular weight is 510 g/mol. The molecule has 5 heteroatoms. The number of nitrogens with zero attached hydrogens (tertiary/aromatic N) is 5. The Bertz CT molecular complexity index is 2660. The Labute approximate surface area is 226 Å². The Hall–Kier alpha value is -5.55. The van der Waals surface area contributed by atoms with Crippen molar-refractivity contribution in [3.63, 3.8) is 0 Å². The molecule has 0 amide bonds. The minimum atomic E-state index is 0.629. The van der Waals surface area contributed by atoms with E-state index in [0.717, 1.165) is 16.4 Å². The third-order valence-corrected chi connectivity index (χ3v) is 8.53. The van der Waals surface area contributed by atoms with Crippen LogP contribution in [0.2, 0.25) is 0 Å². The fourth-order valence-corrected chi connectivity index (χ4v) is 6.94. The second-order valence-electron chi connectivity index (χ2n) is 10.5. The Kier molecular flexibility index (Phi) is 3.62. The van der Waals surface area contributed by atoms with Crippen molar-refractivity contribution in [2.45, 2.75) is 0 Å². The van der Waals surface area contributed by atoms with E-state index in [4.69, 9.17) is 9.97 Å². The highest BCUT2D eigenvalue weighted by molar-refractivity contribution is 6.37. The van der Waals surface area contributed by atoms with E-state index in [-0.39, 0.29) is 0 Å². The lowest BCUT2D eigenvalue weighted by Crippen LogP contribution is -2.02. The van der Waals surface area contributed by atoms with Crippen molar-refractivity contribution in [2.24, 2.45) is 0 Å². The minimum Gasteiger partial charge on any atom is -0.308 e. The zero-order chi connectivity index (χ0) is 25.9. The number of aromatic nitrogens is 5. The number of hydrogen-bond donors (Lipinski definition) is 0. The van der Waals surface area contributed by atoms with E-state index < -0.39 is 0 Å². The number of benzene rings is 5. The molecule has 10 aromatic rings. The lowest BCUT2D eigenvalue weighted by atomic mass is 10.0. The second kappa shape index (κ2) is 7.10. The molecule has 0 N–H and O–H groups in total. The summed E-state index contributed by atoms with van der Waals surface area (Å²) in [5, 5.41) is 10.7. The van der Waals surface area contributed by atoms with E-state index in [1.165, 1.54) is 59.6 Å². The molecule has 0 saturated carbocycles. The van der Waals surface area contributed by atoms with Gasteiger partial charge in [0.2, 0.25) is 5.95 Å². The molecule has 5 nitrogen and oxygen atoms in total. The van der Waals surface area contributed by atoms with Gasteiger partial charge in [0.15, 0.2) is 5.65 Å². The number of fused-ring (bicyclic) bond motifs is 13. The summed E-state index contributed by atoms with van der Waals surface area (Å²) in [6.07, 6.45) is 3.67. The van der Waals surface area contributed by atoms with E-state index in [1.807, 2.05) is 18.3 Å². The van der Waals surface area contributed by atoms with Crippen LogP contribution in [0.5, 0.6) is 0 Å². The van der Waals surface area contributed by atoms with Gasteiger partial charge in [-0.1, -0.05) is 72.8 Å². The number of pyridine rings is 1. The van der Waals surface area contributed by atoms with Crippen molar-refractivity contribution < 1.29 is 0 Å². The molecule has 0 aliphatic rings. The molecule has 10 rings (SSSR count). The van der Waals surface area contributed by atoms with E-state index >= 15 is 0 Å². The van der Waals surface area contributed by atoms with Gasteiger partial charge in [0.25, 0.3) is 0 Å². The predicted octanol–water partition coefficient (Wildman–Crippen LogP) is 8.43. The molecule has 0 aliphatic heterocycles. The summed E-state index contributed by atoms with van der Waals surface area (Å²) in [6.45, 7) is 0. The summed E-state index contributed by atoms with van der Waals surface area (Å²) in [7, 11) is 0. The topological polar surface area (TPSA) is 48.0 Å². The molecule has 5 aromatic carbocycles. The van der Waals surface area contributed by atoms with Gasteiger partial charge < -0.3 is 4.40 Å². The Morgan fingerprint density at radius 1 is 0.500 bits per heavy atom. The molecule has 0 fully saturated rings. The van der Waals surface area contributed by atoms with Gasteiger partial charge in [0, 0.05) is 55.5 Å². The molecule has 5 aromatic heterocycles. The van der Waals surface area contributed by atoms with E-state index in [2.05, 4.69) is 105 Å². The van der Waals surface area contributed by atoms with Crippen molar-refractivity contribution in [3.8, 4) is 5.95 Å². The van der Waals surface area contributed by atoms with Gasteiger partial charge in [-0.25, -0.2) is 9.97 Å². The minimum absolute atomic E-state index is 0.629. The van der Waals surface area contributed by atoms with E-state index in [0.29, 0.717) is 11.6 Å². The van der Waals surface area contributed by atoms with Gasteiger partial charge in [-0.3, -0.25) is 4.57 Å². The lowest BCUT2D eigenvalue weighted by molar-refractivity contribution is 1.00. The Morgan fingerprint density at radius 2 is 1.25 bits per heavy atom. The largest absolute Gasteiger partial charge is 0.308 e. The van der Waals surface area contributed by atoms with E-state index in [1.54, 1.807) is 6.20 Å². The van der Waals surface area contributed by atoms with Crippen LogP contribution in [0.4, 0.5) is 0 Å². The fourth-order valence-electron chi connectivity index (χ4n) is 6.94. The maximum atomic E-state index is 5.00. The first-order valence-corrected chi connectivity index (χ1v) is 13.5. The first-order chi connectivity index (χ1) is 19.9. The maximum absolute atomic E-state index is 5.00. The Morgan fingerprint density at radius 3 is 2.15 bits per heavy atom. The van der Waals surface area contributed by atoms with Crippen LogP contribution in [-0.2, 0) is 0 Å². The van der Waals surface area contributed by atoms with Crippen molar-refractivity contribution in [2.75, 3.05) is 0 Å². The third kappa shape index (κ3) is 2.37. The van der Waals surface area contributed by atoms with Crippen molar-refractivity contribution in [3.05, 3.63) is 116 Å². The van der Waals surface area contributed by atoms with Crippen LogP contribution in [0.15, 0.2) is 116 Å². The molecule has 0 aliphatic carbocycles. The Balaban J connectivity index is 1.54. The SMILES string of the molecule is c1cnc2nc(-n3c4cc5c6ccccc6n6c7ccccc7c(c4c4ccc7ccccc7c43)c56)ncc2c1. The first kappa shape index (κ1) is 20.4. The standard InChI is InChI=1S/C35H19N5/c1-2-10-22-20(8-1)15-16-25-30-29(40(32(22)25)35-37-19-21-9-7-17-36-34(21)38-35)18-26-23-11-3-5-13-27(23)39-28-14-6-4-12-24(28)31(30)33(26)39/h1-19H. The van der Waals surface area contributed by atoms with Gasteiger partial charge in [-0.05, 0) is 35.7 Å². The normalized spacial score (nSPS) is 12.5. The molecule has 0 radical (unpaired) electrons. The van der Waals surface area contributed by atoms with Crippen LogP contribution in [0.1, 0.15) is 0 Å². The summed E-state index contributed by atoms with van der Waals surface area (Å²) in [4.78, 5) is 14.5. The lowest BCUT2D eigenvalue weighted by Gasteiger charge is -2.09. The second-order valence-corrected chi connectivity index (χ2v) is 10.5. The van der Waals surface area contributed by atoms with Gasteiger partial charge in [-0.15, -0.1) is 0 Å². The molecular formula is C35H19N5. The summed E-state index contributed by atoms with van der Waals surface area (Å²) in [6, 6.07) is 36.8. The summed E-state index contributed by atoms with van der Waals surface area (Å²) < 4.78 is 4.69. The van der Waals surface area contributed by atoms with Crippen LogP contribution in [0.25, 0.3) is 87.7 Å². The van der Waals surface area contributed by atoms with Crippen LogP contribution in [0, 0.1) is 0 Å². The number of rotatable bonds is 1. The van der Waals surface area contributed by atoms with Crippen LogP contribution in [-0.4, -0.2) is 23.9 Å². The molecule has 5 heterocycles. The van der Waals surface area contributed by atoms with Crippen LogP contribution >= 0.6 is 0 Å². The highest BCUT2D eigenvalue weighted by Crippen LogP contribution is 2.47. The fraction of sp³-hybridized carbons (Fsp3) is 0. The van der Waals surface area contributed by atoms with Gasteiger partial charge in [-0.2, -0.15) is 4.98 Å². The molecule has 0 atom stereocenters. The zero-order valence-corrected chi connectivity index (χ0v) is 21.2.